The zero-order chi connectivity index (χ0) is 18.9. The van der Waals surface area contributed by atoms with E-state index < -0.39 is 0 Å². The van der Waals surface area contributed by atoms with Gasteiger partial charge in [-0.3, -0.25) is 0 Å². The van der Waals surface area contributed by atoms with Crippen molar-refractivity contribution >= 4 is 0 Å². The van der Waals surface area contributed by atoms with Crippen molar-refractivity contribution in [3.05, 3.63) is 17.2 Å². The molecule has 4 heteroatoms. The first-order valence-corrected chi connectivity index (χ1v) is 11.1. The fourth-order valence-corrected chi connectivity index (χ4v) is 3.55. The number of imidazole rings is 1. The molecule has 0 unspecified atom stereocenters. The quantitative estimate of drug-likeness (QED) is 0.287. The number of aromatic nitrogens is 2. The van der Waals surface area contributed by atoms with Crippen LogP contribution in [0, 0.1) is 0 Å². The molecule has 1 rings (SSSR count). The standard InChI is InChI=1S/C22H42N2O2/c1-2-3-4-5-6-7-8-9-10-11-12-13-14-15-16-17-22-23-20(18-25)21(19-26)24-22/h25-26H,2-19H2,1H3,(H,23,24). The highest BCUT2D eigenvalue weighted by Crippen LogP contribution is 2.14. The second kappa shape index (κ2) is 16.3. The van der Waals surface area contributed by atoms with E-state index >= 15 is 0 Å². The Labute approximate surface area is 160 Å². The summed E-state index contributed by atoms with van der Waals surface area (Å²) in [6.07, 6.45) is 21.5. The lowest BCUT2D eigenvalue weighted by atomic mass is 10.0. The van der Waals surface area contributed by atoms with Gasteiger partial charge in [-0.15, -0.1) is 0 Å². The molecule has 0 bridgehead atoms. The predicted molar refractivity (Wildman–Crippen MR) is 109 cm³/mol. The Hall–Kier alpha value is -0.870. The van der Waals surface area contributed by atoms with Gasteiger partial charge in [-0.2, -0.15) is 0 Å². The summed E-state index contributed by atoms with van der Waals surface area (Å²) in [5, 5.41) is 18.4. The lowest BCUT2D eigenvalue weighted by Crippen LogP contribution is -1.91. The van der Waals surface area contributed by atoms with Crippen LogP contribution in [0.4, 0.5) is 0 Å². The largest absolute Gasteiger partial charge is 0.390 e. The number of aryl methyl sites for hydroxylation is 1. The molecule has 1 aromatic heterocycles. The molecular weight excluding hydrogens is 324 g/mol. The Morgan fingerprint density at radius 2 is 1.12 bits per heavy atom. The molecule has 0 saturated carbocycles. The van der Waals surface area contributed by atoms with Gasteiger partial charge in [-0.05, 0) is 6.42 Å². The first kappa shape index (κ1) is 23.2. The van der Waals surface area contributed by atoms with Crippen LogP contribution in [0.15, 0.2) is 0 Å². The van der Waals surface area contributed by atoms with E-state index in [-0.39, 0.29) is 13.2 Å². The van der Waals surface area contributed by atoms with Crippen molar-refractivity contribution in [2.45, 2.75) is 123 Å². The maximum absolute atomic E-state index is 9.18. The molecule has 152 valence electrons. The molecule has 0 atom stereocenters. The minimum Gasteiger partial charge on any atom is -0.390 e. The molecule has 0 aliphatic heterocycles. The third-order valence-corrected chi connectivity index (χ3v) is 5.24. The van der Waals surface area contributed by atoms with Crippen molar-refractivity contribution in [3.63, 3.8) is 0 Å². The SMILES string of the molecule is CCCCCCCCCCCCCCCCCc1nc(CO)c(CO)[nH]1. The maximum Gasteiger partial charge on any atom is 0.106 e. The summed E-state index contributed by atoms with van der Waals surface area (Å²) in [5.41, 5.74) is 1.24. The summed E-state index contributed by atoms with van der Waals surface area (Å²) in [7, 11) is 0. The van der Waals surface area contributed by atoms with Crippen molar-refractivity contribution in [2.75, 3.05) is 0 Å². The smallest absolute Gasteiger partial charge is 0.106 e. The molecule has 3 N–H and O–H groups in total. The number of nitrogens with zero attached hydrogens (tertiary/aromatic N) is 1. The van der Waals surface area contributed by atoms with Crippen LogP contribution in [0.1, 0.15) is 120 Å². The summed E-state index contributed by atoms with van der Waals surface area (Å²) in [6, 6.07) is 0. The van der Waals surface area contributed by atoms with Crippen LogP contribution in [0.5, 0.6) is 0 Å². The Balaban J connectivity index is 1.84. The van der Waals surface area contributed by atoms with Crippen LogP contribution in [0.2, 0.25) is 0 Å². The highest BCUT2D eigenvalue weighted by atomic mass is 16.3. The number of H-pyrrole nitrogens is 1. The maximum atomic E-state index is 9.18. The first-order chi connectivity index (χ1) is 12.8. The lowest BCUT2D eigenvalue weighted by molar-refractivity contribution is 0.255. The van der Waals surface area contributed by atoms with Crippen LogP contribution in [-0.2, 0) is 19.6 Å². The molecule has 0 saturated heterocycles. The van der Waals surface area contributed by atoms with Gasteiger partial charge in [0, 0.05) is 6.42 Å². The lowest BCUT2D eigenvalue weighted by Gasteiger charge is -2.03. The molecule has 0 spiro atoms. The Morgan fingerprint density at radius 3 is 1.50 bits per heavy atom. The molecule has 0 aliphatic carbocycles. The molecule has 0 amide bonds. The van der Waals surface area contributed by atoms with E-state index in [0.29, 0.717) is 11.4 Å². The molecule has 0 aromatic carbocycles. The van der Waals surface area contributed by atoms with Crippen molar-refractivity contribution < 1.29 is 10.2 Å². The highest BCUT2D eigenvalue weighted by Gasteiger charge is 2.07. The van der Waals surface area contributed by atoms with Gasteiger partial charge >= 0.3 is 0 Å². The summed E-state index contributed by atoms with van der Waals surface area (Å²) >= 11 is 0. The van der Waals surface area contributed by atoms with E-state index in [1.807, 2.05) is 0 Å². The van der Waals surface area contributed by atoms with Gasteiger partial charge in [0.1, 0.15) is 5.82 Å². The van der Waals surface area contributed by atoms with Crippen molar-refractivity contribution in [2.24, 2.45) is 0 Å². The number of hydrogen-bond acceptors (Lipinski definition) is 3. The number of rotatable bonds is 18. The number of aliphatic hydroxyl groups is 2. The topological polar surface area (TPSA) is 69.1 Å². The van der Waals surface area contributed by atoms with Crippen LogP contribution in [-0.4, -0.2) is 20.2 Å². The number of unbranched alkanes of at least 4 members (excludes halogenated alkanes) is 14. The number of aromatic amines is 1. The second-order valence-electron chi connectivity index (χ2n) is 7.62. The zero-order valence-corrected chi connectivity index (χ0v) is 17.1. The van der Waals surface area contributed by atoms with Gasteiger partial charge in [0.2, 0.25) is 0 Å². The Bertz CT molecular complexity index is 410. The van der Waals surface area contributed by atoms with Crippen molar-refractivity contribution in [1.29, 1.82) is 0 Å². The molecule has 0 radical (unpaired) electrons. The first-order valence-electron chi connectivity index (χ1n) is 11.1. The van der Waals surface area contributed by atoms with Crippen molar-refractivity contribution in [3.8, 4) is 0 Å². The van der Waals surface area contributed by atoms with Gasteiger partial charge in [0.05, 0.1) is 24.6 Å². The molecule has 0 fully saturated rings. The van der Waals surface area contributed by atoms with E-state index in [2.05, 4.69) is 16.9 Å². The minimum absolute atomic E-state index is 0.0816. The molecular formula is C22H42N2O2. The summed E-state index contributed by atoms with van der Waals surface area (Å²) in [6.45, 7) is 2.09. The monoisotopic (exact) mass is 366 g/mol. The summed E-state index contributed by atoms with van der Waals surface area (Å²) < 4.78 is 0. The fraction of sp³-hybridized carbons (Fsp3) is 0.864. The average Bonchev–Trinajstić information content (AvgIpc) is 3.07. The summed E-state index contributed by atoms with van der Waals surface area (Å²) in [5.74, 6) is 0.896. The molecule has 1 aromatic rings. The van der Waals surface area contributed by atoms with E-state index in [1.54, 1.807) is 0 Å². The number of hydrogen-bond donors (Lipinski definition) is 3. The molecule has 0 aliphatic rings. The van der Waals surface area contributed by atoms with Gasteiger partial charge in [-0.25, -0.2) is 4.98 Å². The minimum atomic E-state index is -0.106. The van der Waals surface area contributed by atoms with Crippen LogP contribution in [0.3, 0.4) is 0 Å². The van der Waals surface area contributed by atoms with E-state index in [4.69, 9.17) is 0 Å². The number of nitrogens with one attached hydrogen (secondary N) is 1. The van der Waals surface area contributed by atoms with Crippen LogP contribution >= 0.6 is 0 Å². The zero-order valence-electron chi connectivity index (χ0n) is 17.1. The van der Waals surface area contributed by atoms with Crippen molar-refractivity contribution in [1.82, 2.24) is 9.97 Å². The average molecular weight is 367 g/mol. The van der Waals surface area contributed by atoms with Gasteiger partial charge in [0.25, 0.3) is 0 Å². The molecule has 26 heavy (non-hydrogen) atoms. The van der Waals surface area contributed by atoms with Crippen LogP contribution < -0.4 is 0 Å². The predicted octanol–water partition coefficient (Wildman–Crippen LogP) is 5.81. The van der Waals surface area contributed by atoms with E-state index in [9.17, 15) is 10.2 Å². The number of aliphatic hydroxyl groups excluding tert-OH is 2. The third kappa shape index (κ3) is 11.0. The second-order valence-corrected chi connectivity index (χ2v) is 7.62. The molecule has 4 nitrogen and oxygen atoms in total. The van der Waals surface area contributed by atoms with Gasteiger partial charge in [0.15, 0.2) is 0 Å². The van der Waals surface area contributed by atoms with Gasteiger partial charge < -0.3 is 15.2 Å². The Kier molecular flexibility index (Phi) is 14.5. The summed E-state index contributed by atoms with van der Waals surface area (Å²) in [4.78, 5) is 7.45. The van der Waals surface area contributed by atoms with Gasteiger partial charge in [-0.1, -0.05) is 96.8 Å². The van der Waals surface area contributed by atoms with E-state index in [0.717, 1.165) is 18.7 Å². The third-order valence-electron chi connectivity index (χ3n) is 5.24. The fourth-order valence-electron chi connectivity index (χ4n) is 3.55. The van der Waals surface area contributed by atoms with Crippen LogP contribution in [0.25, 0.3) is 0 Å². The highest BCUT2D eigenvalue weighted by molar-refractivity contribution is 5.13. The van der Waals surface area contributed by atoms with E-state index in [1.165, 1.54) is 89.9 Å². The molecule has 1 heterocycles. The normalized spacial score (nSPS) is 11.3. The Morgan fingerprint density at radius 1 is 0.654 bits per heavy atom.